The van der Waals surface area contributed by atoms with Crippen molar-refractivity contribution in [1.29, 1.82) is 0 Å². The molecular weight excluding hydrogens is 436 g/mol. The van der Waals surface area contributed by atoms with Gasteiger partial charge in [0.25, 0.3) is 0 Å². The van der Waals surface area contributed by atoms with Crippen molar-refractivity contribution in [3.63, 3.8) is 0 Å². The number of amides is 1. The molecule has 2 aromatic carbocycles. The highest BCUT2D eigenvalue weighted by atomic mass is 32.2. The summed E-state index contributed by atoms with van der Waals surface area (Å²) in [5.41, 5.74) is 1.76. The molecule has 4 rings (SSSR count). The first-order valence-corrected chi connectivity index (χ1v) is 12.3. The minimum atomic E-state index is -0.00227. The van der Waals surface area contributed by atoms with Gasteiger partial charge in [-0.3, -0.25) is 9.36 Å². The van der Waals surface area contributed by atoms with E-state index in [1.165, 1.54) is 19.3 Å². The summed E-state index contributed by atoms with van der Waals surface area (Å²) in [5, 5.41) is 12.9. The van der Waals surface area contributed by atoms with E-state index in [0.717, 1.165) is 35.1 Å². The highest BCUT2D eigenvalue weighted by Crippen LogP contribution is 2.38. The lowest BCUT2D eigenvalue weighted by Gasteiger charge is -2.25. The van der Waals surface area contributed by atoms with Gasteiger partial charge in [0.2, 0.25) is 5.91 Å². The summed E-state index contributed by atoms with van der Waals surface area (Å²) in [6.45, 7) is 0. The number of methoxy groups -OCH3 is 2. The molecule has 0 radical (unpaired) electrons. The van der Waals surface area contributed by atoms with Crippen LogP contribution < -0.4 is 14.8 Å². The van der Waals surface area contributed by atoms with Gasteiger partial charge < -0.3 is 14.8 Å². The number of hydrogen-bond acceptors (Lipinski definition) is 6. The standard InChI is InChI=1S/C25H30N4O3S/c1-31-21-14-13-18(17-22(21)32-2)24-27-28-25(29(24)20-11-7-4-8-12-20)33-16-15-23(30)26-19-9-5-3-6-10-19/h3,5-6,9-10,13-14,17,20H,4,7-8,11-12,15-16H2,1-2H3,(H,26,30). The van der Waals surface area contributed by atoms with Crippen molar-refractivity contribution >= 4 is 23.4 Å². The van der Waals surface area contributed by atoms with Gasteiger partial charge in [0, 0.05) is 29.5 Å². The van der Waals surface area contributed by atoms with Crippen molar-refractivity contribution < 1.29 is 14.3 Å². The predicted molar refractivity (Wildman–Crippen MR) is 131 cm³/mol. The van der Waals surface area contributed by atoms with Crippen LogP contribution in [0.4, 0.5) is 5.69 Å². The van der Waals surface area contributed by atoms with E-state index >= 15 is 0 Å². The molecule has 1 aromatic heterocycles. The van der Waals surface area contributed by atoms with Crippen molar-refractivity contribution in [2.75, 3.05) is 25.3 Å². The quantitative estimate of drug-likeness (QED) is 0.414. The molecule has 1 aliphatic rings. The third-order valence-corrected chi connectivity index (χ3v) is 6.81. The van der Waals surface area contributed by atoms with Gasteiger partial charge in [0.15, 0.2) is 22.5 Å². The maximum atomic E-state index is 12.4. The second kappa shape index (κ2) is 11.2. The zero-order valence-corrected chi connectivity index (χ0v) is 19.9. The number of para-hydroxylation sites is 1. The number of nitrogens with one attached hydrogen (secondary N) is 1. The van der Waals surface area contributed by atoms with Crippen LogP contribution in [0.25, 0.3) is 11.4 Å². The summed E-state index contributed by atoms with van der Waals surface area (Å²) in [6.07, 6.45) is 6.31. The Morgan fingerprint density at radius 3 is 2.52 bits per heavy atom. The average Bonchev–Trinajstić information content (AvgIpc) is 3.28. The van der Waals surface area contributed by atoms with Crippen molar-refractivity contribution in [3.8, 4) is 22.9 Å². The van der Waals surface area contributed by atoms with E-state index in [0.29, 0.717) is 29.7 Å². The number of thioether (sulfide) groups is 1. The van der Waals surface area contributed by atoms with Gasteiger partial charge in [0.05, 0.1) is 14.2 Å². The number of carbonyl (C=O) groups excluding carboxylic acids is 1. The normalized spacial score (nSPS) is 14.1. The molecule has 33 heavy (non-hydrogen) atoms. The Labute approximate surface area is 198 Å². The van der Waals surface area contributed by atoms with Crippen LogP contribution in [0.3, 0.4) is 0 Å². The van der Waals surface area contributed by atoms with E-state index in [1.807, 2.05) is 48.5 Å². The summed E-state index contributed by atoms with van der Waals surface area (Å²) in [4.78, 5) is 12.4. The highest BCUT2D eigenvalue weighted by Gasteiger charge is 2.24. The third-order valence-electron chi connectivity index (χ3n) is 5.86. The molecule has 1 fully saturated rings. The lowest BCUT2D eigenvalue weighted by molar-refractivity contribution is -0.115. The molecule has 3 aromatic rings. The predicted octanol–water partition coefficient (Wildman–Crippen LogP) is 5.59. The second-order valence-electron chi connectivity index (χ2n) is 8.05. The fourth-order valence-electron chi connectivity index (χ4n) is 4.20. The minimum Gasteiger partial charge on any atom is -0.493 e. The fraction of sp³-hybridized carbons (Fsp3) is 0.400. The summed E-state index contributed by atoms with van der Waals surface area (Å²) in [7, 11) is 3.26. The van der Waals surface area contributed by atoms with E-state index < -0.39 is 0 Å². The maximum absolute atomic E-state index is 12.4. The van der Waals surface area contributed by atoms with Crippen LogP contribution in [0.2, 0.25) is 0 Å². The van der Waals surface area contributed by atoms with E-state index in [4.69, 9.17) is 9.47 Å². The largest absolute Gasteiger partial charge is 0.493 e. The van der Waals surface area contributed by atoms with Gasteiger partial charge in [-0.25, -0.2) is 0 Å². The molecule has 0 saturated heterocycles. The minimum absolute atomic E-state index is 0.00227. The van der Waals surface area contributed by atoms with Crippen molar-refractivity contribution in [2.24, 2.45) is 0 Å². The van der Waals surface area contributed by atoms with Gasteiger partial charge in [-0.05, 0) is 43.2 Å². The molecule has 8 heteroatoms. The molecule has 0 spiro atoms. The molecule has 1 amide bonds. The number of nitrogens with zero attached hydrogens (tertiary/aromatic N) is 3. The summed E-state index contributed by atoms with van der Waals surface area (Å²) in [6, 6.07) is 15.7. The fourth-order valence-corrected chi connectivity index (χ4v) is 5.14. The van der Waals surface area contributed by atoms with Gasteiger partial charge in [-0.2, -0.15) is 0 Å². The monoisotopic (exact) mass is 466 g/mol. The molecule has 1 saturated carbocycles. The second-order valence-corrected chi connectivity index (χ2v) is 9.11. The number of hydrogen-bond donors (Lipinski definition) is 1. The van der Waals surface area contributed by atoms with Crippen LogP contribution >= 0.6 is 11.8 Å². The number of carbonyl (C=O) groups is 1. The number of ether oxygens (including phenoxy) is 2. The molecule has 1 aliphatic carbocycles. The molecule has 0 aliphatic heterocycles. The van der Waals surface area contributed by atoms with Crippen molar-refractivity contribution in [2.45, 2.75) is 49.7 Å². The first-order valence-electron chi connectivity index (χ1n) is 11.3. The number of benzene rings is 2. The van der Waals surface area contributed by atoms with E-state index in [2.05, 4.69) is 20.1 Å². The van der Waals surface area contributed by atoms with Crippen LogP contribution in [0.1, 0.15) is 44.6 Å². The lowest BCUT2D eigenvalue weighted by atomic mass is 9.95. The number of anilines is 1. The first-order chi connectivity index (χ1) is 16.2. The highest BCUT2D eigenvalue weighted by molar-refractivity contribution is 7.99. The van der Waals surface area contributed by atoms with Crippen molar-refractivity contribution in [3.05, 3.63) is 48.5 Å². The molecule has 7 nitrogen and oxygen atoms in total. The molecular formula is C25H30N4O3S. The van der Waals surface area contributed by atoms with Crippen LogP contribution in [0.5, 0.6) is 11.5 Å². The summed E-state index contributed by atoms with van der Waals surface area (Å²) in [5.74, 6) is 2.82. The SMILES string of the molecule is COc1ccc(-c2nnc(SCCC(=O)Nc3ccccc3)n2C2CCCCC2)cc1OC. The molecule has 0 bridgehead atoms. The smallest absolute Gasteiger partial charge is 0.225 e. The molecule has 174 valence electrons. The Hall–Kier alpha value is -3.00. The first kappa shape index (κ1) is 23.2. The van der Waals surface area contributed by atoms with Gasteiger partial charge in [0.1, 0.15) is 0 Å². The summed E-state index contributed by atoms with van der Waals surface area (Å²) >= 11 is 1.59. The number of aromatic nitrogens is 3. The van der Waals surface area contributed by atoms with Gasteiger partial charge in [-0.1, -0.05) is 49.2 Å². The van der Waals surface area contributed by atoms with Crippen LogP contribution in [0.15, 0.2) is 53.7 Å². The van der Waals surface area contributed by atoms with E-state index in [9.17, 15) is 4.79 Å². The van der Waals surface area contributed by atoms with Crippen LogP contribution in [-0.4, -0.2) is 40.6 Å². The zero-order valence-electron chi connectivity index (χ0n) is 19.1. The topological polar surface area (TPSA) is 78.3 Å². The summed E-state index contributed by atoms with van der Waals surface area (Å²) < 4.78 is 13.1. The lowest BCUT2D eigenvalue weighted by Crippen LogP contribution is -2.16. The Balaban J connectivity index is 1.52. The Morgan fingerprint density at radius 1 is 1.03 bits per heavy atom. The van der Waals surface area contributed by atoms with E-state index in [-0.39, 0.29) is 5.91 Å². The van der Waals surface area contributed by atoms with Crippen LogP contribution in [-0.2, 0) is 4.79 Å². The van der Waals surface area contributed by atoms with Gasteiger partial charge >= 0.3 is 0 Å². The zero-order chi connectivity index (χ0) is 23.0. The van der Waals surface area contributed by atoms with Crippen LogP contribution in [0, 0.1) is 0 Å². The van der Waals surface area contributed by atoms with Crippen molar-refractivity contribution in [1.82, 2.24) is 14.8 Å². The average molecular weight is 467 g/mol. The molecule has 0 atom stereocenters. The Kier molecular flexibility index (Phi) is 7.88. The number of rotatable bonds is 9. The van der Waals surface area contributed by atoms with E-state index in [1.54, 1.807) is 26.0 Å². The molecule has 0 unspecified atom stereocenters. The Bertz CT molecular complexity index is 1060. The maximum Gasteiger partial charge on any atom is 0.225 e. The third kappa shape index (κ3) is 5.68. The molecule has 1 N–H and O–H groups in total. The molecule has 1 heterocycles. The van der Waals surface area contributed by atoms with Gasteiger partial charge in [-0.15, -0.1) is 10.2 Å². The Morgan fingerprint density at radius 2 is 1.79 bits per heavy atom.